The fraction of sp³-hybridized carbons (Fsp3) is 0.235. The number of ether oxygens (including phenoxy) is 1. The maximum atomic E-state index is 12.1. The highest BCUT2D eigenvalue weighted by Crippen LogP contribution is 2.27. The lowest BCUT2D eigenvalue weighted by atomic mass is 10.1. The van der Waals surface area contributed by atoms with Gasteiger partial charge in [0, 0.05) is 12.1 Å². The lowest BCUT2D eigenvalue weighted by Crippen LogP contribution is -2.37. The number of fused-ring (bicyclic) bond motifs is 1. The van der Waals surface area contributed by atoms with E-state index >= 15 is 0 Å². The minimum atomic E-state index is -0.558. The van der Waals surface area contributed by atoms with E-state index in [9.17, 15) is 4.79 Å². The van der Waals surface area contributed by atoms with Gasteiger partial charge in [0.1, 0.15) is 5.75 Å². The summed E-state index contributed by atoms with van der Waals surface area (Å²) in [5, 5.41) is 2.87. The number of carbonyl (C=O) groups excluding carboxylic acids is 1. The average Bonchev–Trinajstić information content (AvgIpc) is 2.95. The summed E-state index contributed by atoms with van der Waals surface area (Å²) in [6.07, 6.45) is 1.41. The first kappa shape index (κ1) is 13.6. The zero-order valence-electron chi connectivity index (χ0n) is 11.7. The third-order valence-electron chi connectivity index (χ3n) is 3.59. The number of amides is 1. The van der Waals surface area contributed by atoms with Gasteiger partial charge in [0.05, 0.1) is 12.6 Å². The fourth-order valence-corrected chi connectivity index (χ4v) is 2.46. The van der Waals surface area contributed by atoms with Crippen LogP contribution in [0, 0.1) is 0 Å². The van der Waals surface area contributed by atoms with Gasteiger partial charge >= 0.3 is 0 Å². The Morgan fingerprint density at radius 1 is 1.24 bits per heavy atom. The van der Waals surface area contributed by atoms with E-state index in [2.05, 4.69) is 5.32 Å². The third-order valence-corrected chi connectivity index (χ3v) is 3.59. The highest BCUT2D eigenvalue weighted by Gasteiger charge is 2.16. The zero-order chi connectivity index (χ0) is 14.7. The molecule has 1 heterocycles. The van der Waals surface area contributed by atoms with Crippen molar-refractivity contribution in [2.45, 2.75) is 18.9 Å². The van der Waals surface area contributed by atoms with Crippen LogP contribution in [0.25, 0.3) is 0 Å². The molecule has 1 amide bonds. The van der Waals surface area contributed by atoms with Gasteiger partial charge in [-0.25, -0.2) is 0 Å². The van der Waals surface area contributed by atoms with E-state index < -0.39 is 6.04 Å². The van der Waals surface area contributed by atoms with E-state index in [-0.39, 0.29) is 5.91 Å². The fourth-order valence-electron chi connectivity index (χ4n) is 2.46. The number of carbonyl (C=O) groups is 1. The van der Waals surface area contributed by atoms with E-state index in [4.69, 9.17) is 10.5 Å². The van der Waals surface area contributed by atoms with Gasteiger partial charge in [0.15, 0.2) is 0 Å². The number of hydrogen-bond acceptors (Lipinski definition) is 3. The molecule has 2 aromatic rings. The Labute approximate surface area is 123 Å². The molecule has 0 saturated carbocycles. The molecular formula is C17H18N2O2. The Morgan fingerprint density at radius 2 is 2.05 bits per heavy atom. The second-order valence-corrected chi connectivity index (χ2v) is 5.21. The van der Waals surface area contributed by atoms with E-state index in [1.54, 1.807) is 0 Å². The monoisotopic (exact) mass is 282 g/mol. The summed E-state index contributed by atoms with van der Waals surface area (Å²) >= 11 is 0. The molecule has 4 heteroatoms. The summed E-state index contributed by atoms with van der Waals surface area (Å²) in [7, 11) is 0. The van der Waals surface area contributed by atoms with Crippen LogP contribution in [0.5, 0.6) is 5.75 Å². The van der Waals surface area contributed by atoms with Crippen molar-refractivity contribution in [1.82, 2.24) is 0 Å². The van der Waals surface area contributed by atoms with Crippen LogP contribution in [-0.2, 0) is 17.6 Å². The van der Waals surface area contributed by atoms with Gasteiger partial charge in [0.25, 0.3) is 0 Å². The van der Waals surface area contributed by atoms with Crippen molar-refractivity contribution in [3.05, 3.63) is 59.7 Å². The summed E-state index contributed by atoms with van der Waals surface area (Å²) < 4.78 is 5.45. The first-order valence-electron chi connectivity index (χ1n) is 7.08. The molecule has 0 aromatic heterocycles. The van der Waals surface area contributed by atoms with E-state index in [1.807, 2.05) is 48.5 Å². The SMILES string of the molecule is N[C@H](Cc1ccccc1)C(=O)Nc1ccc2c(c1)CCO2. The second kappa shape index (κ2) is 5.97. The summed E-state index contributed by atoms with van der Waals surface area (Å²) in [6.45, 7) is 0.709. The largest absolute Gasteiger partial charge is 0.493 e. The van der Waals surface area contributed by atoms with Crippen LogP contribution in [0.4, 0.5) is 5.69 Å². The average molecular weight is 282 g/mol. The molecule has 0 radical (unpaired) electrons. The van der Waals surface area contributed by atoms with Crippen LogP contribution in [0.3, 0.4) is 0 Å². The molecule has 3 rings (SSSR count). The summed E-state index contributed by atoms with van der Waals surface area (Å²) in [6, 6.07) is 14.9. The quantitative estimate of drug-likeness (QED) is 0.903. The molecule has 21 heavy (non-hydrogen) atoms. The van der Waals surface area contributed by atoms with Crippen molar-refractivity contribution in [3.8, 4) is 5.75 Å². The number of hydrogen-bond donors (Lipinski definition) is 2. The smallest absolute Gasteiger partial charge is 0.241 e. The second-order valence-electron chi connectivity index (χ2n) is 5.21. The number of nitrogens with two attached hydrogens (primary N) is 1. The van der Waals surface area contributed by atoms with Gasteiger partial charge in [-0.05, 0) is 35.7 Å². The molecule has 0 aliphatic carbocycles. The van der Waals surface area contributed by atoms with Crippen molar-refractivity contribution in [2.24, 2.45) is 5.73 Å². The normalized spacial score (nSPS) is 14.1. The predicted octanol–water partition coefficient (Wildman–Crippen LogP) is 2.13. The van der Waals surface area contributed by atoms with Gasteiger partial charge in [-0.1, -0.05) is 30.3 Å². The molecule has 3 N–H and O–H groups in total. The summed E-state index contributed by atoms with van der Waals surface area (Å²) in [5.41, 5.74) is 8.93. The summed E-state index contributed by atoms with van der Waals surface area (Å²) in [4.78, 5) is 12.1. The maximum absolute atomic E-state index is 12.1. The lowest BCUT2D eigenvalue weighted by molar-refractivity contribution is -0.117. The highest BCUT2D eigenvalue weighted by molar-refractivity contribution is 5.95. The van der Waals surface area contributed by atoms with E-state index in [0.29, 0.717) is 13.0 Å². The van der Waals surface area contributed by atoms with E-state index in [0.717, 1.165) is 29.0 Å². The summed E-state index contributed by atoms with van der Waals surface area (Å²) in [5.74, 6) is 0.735. The third kappa shape index (κ3) is 3.23. The molecule has 1 aliphatic rings. The molecule has 0 saturated heterocycles. The Bertz CT molecular complexity index is 640. The standard InChI is InChI=1S/C17H18N2O2/c18-15(10-12-4-2-1-3-5-12)17(20)19-14-6-7-16-13(11-14)8-9-21-16/h1-7,11,15H,8-10,18H2,(H,19,20)/t15-/m1/s1. The van der Waals surface area contributed by atoms with Crippen LogP contribution < -0.4 is 15.8 Å². The van der Waals surface area contributed by atoms with Crippen molar-refractivity contribution in [1.29, 1.82) is 0 Å². The van der Waals surface area contributed by atoms with Gasteiger partial charge in [-0.3, -0.25) is 4.79 Å². The first-order chi connectivity index (χ1) is 10.2. The Kier molecular flexibility index (Phi) is 3.88. The molecule has 1 atom stereocenters. The van der Waals surface area contributed by atoms with Crippen molar-refractivity contribution < 1.29 is 9.53 Å². The number of anilines is 1. The van der Waals surface area contributed by atoms with Crippen LogP contribution >= 0.6 is 0 Å². The molecular weight excluding hydrogens is 264 g/mol. The minimum absolute atomic E-state index is 0.169. The van der Waals surface area contributed by atoms with Gasteiger partial charge in [-0.2, -0.15) is 0 Å². The Morgan fingerprint density at radius 3 is 2.86 bits per heavy atom. The van der Waals surface area contributed by atoms with Crippen molar-refractivity contribution in [3.63, 3.8) is 0 Å². The maximum Gasteiger partial charge on any atom is 0.241 e. The highest BCUT2D eigenvalue weighted by atomic mass is 16.5. The molecule has 2 aromatic carbocycles. The number of rotatable bonds is 4. The molecule has 0 unspecified atom stereocenters. The zero-order valence-corrected chi connectivity index (χ0v) is 11.7. The molecule has 108 valence electrons. The number of nitrogens with one attached hydrogen (secondary N) is 1. The lowest BCUT2D eigenvalue weighted by Gasteiger charge is -2.13. The minimum Gasteiger partial charge on any atom is -0.493 e. The van der Waals surface area contributed by atoms with Crippen LogP contribution in [0.1, 0.15) is 11.1 Å². The topological polar surface area (TPSA) is 64.4 Å². The van der Waals surface area contributed by atoms with Gasteiger partial charge < -0.3 is 15.8 Å². The number of benzene rings is 2. The Balaban J connectivity index is 1.63. The predicted molar refractivity (Wildman–Crippen MR) is 82.4 cm³/mol. The van der Waals surface area contributed by atoms with Crippen molar-refractivity contribution >= 4 is 11.6 Å². The molecule has 0 bridgehead atoms. The van der Waals surface area contributed by atoms with Crippen LogP contribution in [0.2, 0.25) is 0 Å². The molecule has 4 nitrogen and oxygen atoms in total. The molecule has 1 aliphatic heterocycles. The first-order valence-corrected chi connectivity index (χ1v) is 7.08. The van der Waals surface area contributed by atoms with Crippen LogP contribution in [-0.4, -0.2) is 18.6 Å². The van der Waals surface area contributed by atoms with Gasteiger partial charge in [-0.15, -0.1) is 0 Å². The Hall–Kier alpha value is -2.33. The van der Waals surface area contributed by atoms with Crippen LogP contribution in [0.15, 0.2) is 48.5 Å². The van der Waals surface area contributed by atoms with E-state index in [1.165, 1.54) is 0 Å². The van der Waals surface area contributed by atoms with Gasteiger partial charge in [0.2, 0.25) is 5.91 Å². The molecule has 0 spiro atoms. The van der Waals surface area contributed by atoms with Crippen molar-refractivity contribution in [2.75, 3.05) is 11.9 Å². The molecule has 0 fully saturated rings.